The summed E-state index contributed by atoms with van der Waals surface area (Å²) in [6, 6.07) is 4.24. The highest BCUT2D eigenvalue weighted by Gasteiger charge is 2.13. The Morgan fingerprint density at radius 3 is 2.89 bits per heavy atom. The van der Waals surface area contributed by atoms with Crippen LogP contribution in [-0.4, -0.2) is 24.0 Å². The van der Waals surface area contributed by atoms with Crippen molar-refractivity contribution in [2.45, 2.75) is 13.3 Å². The van der Waals surface area contributed by atoms with E-state index in [1.807, 2.05) is 0 Å². The number of nitrogens with two attached hydrogens (primary N) is 1. The van der Waals surface area contributed by atoms with Gasteiger partial charge in [0.05, 0.1) is 18.0 Å². The lowest BCUT2D eigenvalue weighted by Gasteiger charge is -2.07. The molecule has 7 heteroatoms. The highest BCUT2D eigenvalue weighted by atomic mass is 16.6. The summed E-state index contributed by atoms with van der Waals surface area (Å²) in [5, 5.41) is 13.6. The highest BCUT2D eigenvalue weighted by Crippen LogP contribution is 2.26. The van der Waals surface area contributed by atoms with Crippen LogP contribution < -0.4 is 11.1 Å². The van der Waals surface area contributed by atoms with E-state index >= 15 is 0 Å². The lowest BCUT2D eigenvalue weighted by atomic mass is 10.2. The van der Waals surface area contributed by atoms with Gasteiger partial charge in [-0.25, -0.2) is 0 Å². The van der Waals surface area contributed by atoms with Crippen LogP contribution in [0.2, 0.25) is 0 Å². The molecule has 0 aliphatic rings. The van der Waals surface area contributed by atoms with Crippen molar-refractivity contribution >= 4 is 23.0 Å². The van der Waals surface area contributed by atoms with E-state index < -0.39 is 4.92 Å². The number of nitro groups is 1. The van der Waals surface area contributed by atoms with Crippen LogP contribution in [-0.2, 0) is 9.53 Å². The van der Waals surface area contributed by atoms with Gasteiger partial charge in [-0.05, 0) is 19.1 Å². The molecule has 0 heterocycles. The molecule has 0 saturated carbocycles. The number of hydrogen-bond donors (Lipinski definition) is 2. The van der Waals surface area contributed by atoms with Crippen LogP contribution in [0.4, 0.5) is 17.1 Å². The van der Waals surface area contributed by atoms with Crippen LogP contribution in [0.25, 0.3) is 0 Å². The van der Waals surface area contributed by atoms with Crippen LogP contribution in [0.1, 0.15) is 13.3 Å². The van der Waals surface area contributed by atoms with Crippen LogP contribution in [0.3, 0.4) is 0 Å². The van der Waals surface area contributed by atoms with E-state index in [2.05, 4.69) is 5.32 Å². The van der Waals surface area contributed by atoms with Crippen LogP contribution in [0.5, 0.6) is 0 Å². The molecular formula is C11H15N3O4. The van der Waals surface area contributed by atoms with Crippen molar-refractivity contribution < 1.29 is 14.5 Å². The second-order valence-corrected chi connectivity index (χ2v) is 3.52. The average Bonchev–Trinajstić information content (AvgIpc) is 2.29. The van der Waals surface area contributed by atoms with Crippen molar-refractivity contribution in [2.75, 3.05) is 24.2 Å². The Bertz CT molecular complexity index is 448. The van der Waals surface area contributed by atoms with Gasteiger partial charge in [0.25, 0.3) is 5.69 Å². The van der Waals surface area contributed by atoms with Crippen molar-refractivity contribution in [1.82, 2.24) is 0 Å². The summed E-state index contributed by atoms with van der Waals surface area (Å²) >= 11 is 0. The average molecular weight is 253 g/mol. The molecule has 0 bridgehead atoms. The summed E-state index contributed by atoms with van der Waals surface area (Å²) in [6.45, 7) is 2.29. The lowest BCUT2D eigenvalue weighted by molar-refractivity contribution is -0.383. The molecule has 0 fully saturated rings. The van der Waals surface area contributed by atoms with Gasteiger partial charge in [-0.2, -0.15) is 0 Å². The molecule has 0 aromatic heterocycles. The number of nitrogens with one attached hydrogen (secondary N) is 1. The first kappa shape index (κ1) is 13.8. The van der Waals surface area contributed by atoms with Crippen LogP contribution >= 0.6 is 0 Å². The smallest absolute Gasteiger partial charge is 0.307 e. The largest absolute Gasteiger partial charge is 0.466 e. The minimum absolute atomic E-state index is 0.0759. The molecule has 1 rings (SSSR count). The van der Waals surface area contributed by atoms with E-state index in [9.17, 15) is 14.9 Å². The molecule has 0 atom stereocenters. The molecular weight excluding hydrogens is 238 g/mol. The number of ether oxygens (including phenoxy) is 1. The predicted molar refractivity (Wildman–Crippen MR) is 67.2 cm³/mol. The molecule has 1 aromatic rings. The number of esters is 1. The zero-order valence-electron chi connectivity index (χ0n) is 10.0. The maximum Gasteiger partial charge on any atom is 0.307 e. The van der Waals surface area contributed by atoms with Gasteiger partial charge >= 0.3 is 5.97 Å². The van der Waals surface area contributed by atoms with Gasteiger partial charge in [-0.15, -0.1) is 0 Å². The Kier molecular flexibility index (Phi) is 4.91. The number of nitrogen functional groups attached to an aromatic ring is 1. The summed E-state index contributed by atoms with van der Waals surface area (Å²) < 4.78 is 4.74. The monoisotopic (exact) mass is 253 g/mol. The first-order chi connectivity index (χ1) is 8.54. The fourth-order valence-electron chi connectivity index (χ4n) is 1.39. The molecule has 98 valence electrons. The van der Waals surface area contributed by atoms with Gasteiger partial charge < -0.3 is 15.8 Å². The molecule has 0 aliphatic carbocycles. The minimum Gasteiger partial charge on any atom is -0.466 e. The van der Waals surface area contributed by atoms with Crippen molar-refractivity contribution in [3.8, 4) is 0 Å². The van der Waals surface area contributed by atoms with Crippen LogP contribution in [0, 0.1) is 10.1 Å². The van der Waals surface area contributed by atoms with E-state index in [4.69, 9.17) is 10.5 Å². The van der Waals surface area contributed by atoms with Gasteiger partial charge in [0.2, 0.25) is 0 Å². The zero-order chi connectivity index (χ0) is 13.5. The first-order valence-corrected chi connectivity index (χ1v) is 5.48. The Morgan fingerprint density at radius 2 is 2.28 bits per heavy atom. The number of carbonyl (C=O) groups excluding carboxylic acids is 1. The molecule has 0 spiro atoms. The Hall–Kier alpha value is -2.31. The molecule has 0 radical (unpaired) electrons. The topological polar surface area (TPSA) is 107 Å². The number of nitro benzene ring substituents is 1. The second kappa shape index (κ2) is 6.43. The maximum absolute atomic E-state index is 11.1. The van der Waals surface area contributed by atoms with Gasteiger partial charge in [0.15, 0.2) is 0 Å². The van der Waals surface area contributed by atoms with E-state index in [1.54, 1.807) is 6.92 Å². The molecule has 7 nitrogen and oxygen atoms in total. The quantitative estimate of drug-likeness (QED) is 0.344. The molecule has 0 saturated heterocycles. The SMILES string of the molecule is CCOC(=O)CCNc1cc(N)ccc1[N+](=O)[O-]. The molecule has 0 amide bonds. The number of anilines is 2. The number of hydrogen-bond acceptors (Lipinski definition) is 6. The summed E-state index contributed by atoms with van der Waals surface area (Å²) in [7, 11) is 0. The summed E-state index contributed by atoms with van der Waals surface area (Å²) in [4.78, 5) is 21.4. The molecule has 3 N–H and O–H groups in total. The third-order valence-corrected chi connectivity index (χ3v) is 2.17. The number of carbonyl (C=O) groups is 1. The summed E-state index contributed by atoms with van der Waals surface area (Å²) in [5.74, 6) is -0.350. The van der Waals surface area contributed by atoms with Crippen molar-refractivity contribution in [2.24, 2.45) is 0 Å². The third-order valence-electron chi connectivity index (χ3n) is 2.17. The maximum atomic E-state index is 11.1. The van der Waals surface area contributed by atoms with E-state index in [0.29, 0.717) is 18.0 Å². The standard InChI is InChI=1S/C11H15N3O4/c1-2-18-11(15)5-6-13-9-7-8(12)3-4-10(9)14(16)17/h3-4,7,13H,2,5-6,12H2,1H3. The second-order valence-electron chi connectivity index (χ2n) is 3.52. The first-order valence-electron chi connectivity index (χ1n) is 5.48. The highest BCUT2D eigenvalue weighted by molar-refractivity contribution is 5.71. The van der Waals surface area contributed by atoms with E-state index in [0.717, 1.165) is 0 Å². The summed E-state index contributed by atoms with van der Waals surface area (Å²) in [6.07, 6.45) is 0.139. The Morgan fingerprint density at radius 1 is 1.56 bits per heavy atom. The predicted octanol–water partition coefficient (Wildman–Crippen LogP) is 1.54. The normalized spacial score (nSPS) is 9.83. The fraction of sp³-hybridized carbons (Fsp3) is 0.364. The Labute approximate surface area is 104 Å². The molecule has 0 unspecified atom stereocenters. The van der Waals surface area contributed by atoms with Gasteiger partial charge in [-0.3, -0.25) is 14.9 Å². The number of nitrogens with zero attached hydrogens (tertiary/aromatic N) is 1. The minimum atomic E-state index is -0.508. The van der Waals surface area contributed by atoms with Gasteiger partial charge in [0, 0.05) is 18.3 Å². The van der Waals surface area contributed by atoms with E-state index in [-0.39, 0.29) is 24.6 Å². The molecule has 18 heavy (non-hydrogen) atoms. The lowest BCUT2D eigenvalue weighted by Crippen LogP contribution is -2.12. The molecule has 1 aromatic carbocycles. The number of benzene rings is 1. The van der Waals surface area contributed by atoms with Crippen molar-refractivity contribution in [3.05, 3.63) is 28.3 Å². The van der Waals surface area contributed by atoms with Gasteiger partial charge in [0.1, 0.15) is 5.69 Å². The zero-order valence-corrected chi connectivity index (χ0v) is 10.0. The third kappa shape index (κ3) is 3.93. The molecule has 0 aliphatic heterocycles. The number of rotatable bonds is 6. The van der Waals surface area contributed by atoms with E-state index in [1.165, 1.54) is 18.2 Å². The van der Waals surface area contributed by atoms with Crippen molar-refractivity contribution in [3.63, 3.8) is 0 Å². The van der Waals surface area contributed by atoms with Crippen LogP contribution in [0.15, 0.2) is 18.2 Å². The Balaban J connectivity index is 2.63. The summed E-state index contributed by atoms with van der Waals surface area (Å²) in [5.41, 5.74) is 6.19. The van der Waals surface area contributed by atoms with Gasteiger partial charge in [-0.1, -0.05) is 0 Å². The van der Waals surface area contributed by atoms with Crippen molar-refractivity contribution in [1.29, 1.82) is 0 Å². The fourth-order valence-corrected chi connectivity index (χ4v) is 1.39.